The fourth-order valence-electron chi connectivity index (χ4n) is 2.91. The molecule has 1 aliphatic heterocycles. The van der Waals surface area contributed by atoms with Crippen LogP contribution in [-0.4, -0.2) is 12.2 Å². The van der Waals surface area contributed by atoms with Gasteiger partial charge in [0.25, 0.3) is 5.91 Å². The fraction of sp³-hybridized carbons (Fsp3) is 0. The van der Waals surface area contributed by atoms with Crippen molar-refractivity contribution in [3.05, 3.63) is 71.8 Å². The molecule has 0 aromatic heterocycles. The molecule has 100 valence electrons. The Morgan fingerprint density at radius 2 is 1.71 bits per heavy atom. The molecule has 0 aliphatic carbocycles. The molecule has 21 heavy (non-hydrogen) atoms. The standard InChI is InChI=1S/C18H11NO2/c20-11-12-9-13-5-4-8-15-17(13)16(10-12)19(18(15)21)14-6-2-1-3-7-14/h1-11H. The van der Waals surface area contributed by atoms with Gasteiger partial charge in [-0.3, -0.25) is 14.5 Å². The predicted molar refractivity (Wildman–Crippen MR) is 82.2 cm³/mol. The second kappa shape index (κ2) is 4.28. The van der Waals surface area contributed by atoms with E-state index in [2.05, 4.69) is 0 Å². The zero-order valence-corrected chi connectivity index (χ0v) is 11.1. The molecule has 3 nitrogen and oxygen atoms in total. The third-order valence-electron chi connectivity index (χ3n) is 3.80. The lowest BCUT2D eigenvalue weighted by Gasteiger charge is -2.18. The first kappa shape index (κ1) is 11.9. The molecule has 1 amide bonds. The van der Waals surface area contributed by atoms with Crippen molar-refractivity contribution in [1.29, 1.82) is 0 Å². The summed E-state index contributed by atoms with van der Waals surface area (Å²) in [4.78, 5) is 25.5. The maximum Gasteiger partial charge on any atom is 0.263 e. The summed E-state index contributed by atoms with van der Waals surface area (Å²) in [6.45, 7) is 0. The van der Waals surface area contributed by atoms with Gasteiger partial charge in [0.2, 0.25) is 0 Å². The van der Waals surface area contributed by atoms with Crippen molar-refractivity contribution in [2.45, 2.75) is 0 Å². The summed E-state index contributed by atoms with van der Waals surface area (Å²) in [7, 11) is 0. The molecule has 0 saturated carbocycles. The van der Waals surface area contributed by atoms with Crippen LogP contribution in [0.2, 0.25) is 0 Å². The van der Waals surface area contributed by atoms with Crippen LogP contribution in [0.5, 0.6) is 0 Å². The molecule has 0 N–H and O–H groups in total. The first-order chi connectivity index (χ1) is 10.3. The minimum Gasteiger partial charge on any atom is -0.298 e. The van der Waals surface area contributed by atoms with Crippen molar-refractivity contribution in [3.63, 3.8) is 0 Å². The van der Waals surface area contributed by atoms with Crippen molar-refractivity contribution >= 4 is 34.3 Å². The van der Waals surface area contributed by atoms with Crippen molar-refractivity contribution in [2.24, 2.45) is 0 Å². The number of aldehydes is 1. The van der Waals surface area contributed by atoms with Crippen LogP contribution in [0.15, 0.2) is 60.7 Å². The Kier molecular flexibility index (Phi) is 2.42. The van der Waals surface area contributed by atoms with E-state index in [1.807, 2.05) is 54.6 Å². The highest BCUT2D eigenvalue weighted by atomic mass is 16.2. The van der Waals surface area contributed by atoms with Gasteiger partial charge in [0.15, 0.2) is 0 Å². The second-order valence-electron chi connectivity index (χ2n) is 5.04. The van der Waals surface area contributed by atoms with Crippen LogP contribution in [0.3, 0.4) is 0 Å². The van der Waals surface area contributed by atoms with E-state index in [-0.39, 0.29) is 5.91 Å². The predicted octanol–water partition coefficient (Wildman–Crippen LogP) is 3.94. The van der Waals surface area contributed by atoms with Gasteiger partial charge in [-0.2, -0.15) is 0 Å². The van der Waals surface area contributed by atoms with Crippen LogP contribution in [-0.2, 0) is 0 Å². The normalized spacial score (nSPS) is 13.0. The van der Waals surface area contributed by atoms with Crippen molar-refractivity contribution in [1.82, 2.24) is 0 Å². The van der Waals surface area contributed by atoms with Gasteiger partial charge in [0.05, 0.1) is 11.3 Å². The maximum atomic E-state index is 12.7. The minimum atomic E-state index is -0.0511. The van der Waals surface area contributed by atoms with Gasteiger partial charge in [0, 0.05) is 16.6 Å². The highest BCUT2D eigenvalue weighted by molar-refractivity contribution is 6.28. The van der Waals surface area contributed by atoms with Crippen molar-refractivity contribution in [2.75, 3.05) is 4.90 Å². The highest BCUT2D eigenvalue weighted by Crippen LogP contribution is 2.42. The van der Waals surface area contributed by atoms with Gasteiger partial charge in [-0.1, -0.05) is 30.3 Å². The van der Waals surface area contributed by atoms with Gasteiger partial charge in [-0.05, 0) is 35.7 Å². The monoisotopic (exact) mass is 273 g/mol. The van der Waals surface area contributed by atoms with Crippen LogP contribution in [0.1, 0.15) is 20.7 Å². The molecule has 0 bridgehead atoms. The molecule has 3 aromatic rings. The third kappa shape index (κ3) is 1.61. The summed E-state index contributed by atoms with van der Waals surface area (Å²) in [5.74, 6) is -0.0511. The Morgan fingerprint density at radius 1 is 0.905 bits per heavy atom. The second-order valence-corrected chi connectivity index (χ2v) is 5.04. The van der Waals surface area contributed by atoms with Crippen molar-refractivity contribution < 1.29 is 9.59 Å². The number of carbonyl (C=O) groups excluding carboxylic acids is 2. The Hall–Kier alpha value is -2.94. The molecule has 0 saturated heterocycles. The van der Waals surface area contributed by atoms with Gasteiger partial charge < -0.3 is 0 Å². The summed E-state index contributed by atoms with van der Waals surface area (Å²) in [5.41, 5.74) is 2.85. The Labute approximate surface area is 121 Å². The van der Waals surface area contributed by atoms with Crippen LogP contribution in [0.4, 0.5) is 11.4 Å². The lowest BCUT2D eigenvalue weighted by atomic mass is 10.0. The largest absolute Gasteiger partial charge is 0.298 e. The number of para-hydroxylation sites is 1. The zero-order chi connectivity index (χ0) is 14.4. The zero-order valence-electron chi connectivity index (χ0n) is 11.1. The number of rotatable bonds is 2. The van der Waals surface area contributed by atoms with E-state index in [9.17, 15) is 9.59 Å². The average Bonchev–Trinajstić information content (AvgIpc) is 2.82. The number of anilines is 2. The third-order valence-corrected chi connectivity index (χ3v) is 3.80. The molecule has 0 unspecified atom stereocenters. The summed E-state index contributed by atoms with van der Waals surface area (Å²) in [5, 5.41) is 1.83. The first-order valence-electron chi connectivity index (χ1n) is 6.71. The minimum absolute atomic E-state index is 0.0511. The molecule has 4 rings (SSSR count). The number of hydrogen-bond acceptors (Lipinski definition) is 2. The Bertz CT molecular complexity index is 884. The number of amides is 1. The van der Waals surface area contributed by atoms with Gasteiger partial charge in [-0.15, -0.1) is 0 Å². The topological polar surface area (TPSA) is 37.4 Å². The number of hydrogen-bond donors (Lipinski definition) is 0. The molecule has 0 radical (unpaired) electrons. The number of carbonyl (C=O) groups is 2. The summed E-state index contributed by atoms with van der Waals surface area (Å²) < 4.78 is 0. The lowest BCUT2D eigenvalue weighted by Crippen LogP contribution is -2.20. The van der Waals surface area contributed by atoms with E-state index >= 15 is 0 Å². The quantitative estimate of drug-likeness (QED) is 0.663. The lowest BCUT2D eigenvalue weighted by molar-refractivity contribution is 0.100. The number of benzene rings is 3. The van der Waals surface area contributed by atoms with Crippen LogP contribution < -0.4 is 4.90 Å². The molecular weight excluding hydrogens is 262 g/mol. The van der Waals surface area contributed by atoms with Gasteiger partial charge >= 0.3 is 0 Å². The molecule has 1 heterocycles. The molecule has 1 aliphatic rings. The first-order valence-corrected chi connectivity index (χ1v) is 6.71. The summed E-state index contributed by atoms with van der Waals surface area (Å²) in [6.07, 6.45) is 0.814. The SMILES string of the molecule is O=Cc1cc2c3c(cccc3c1)C(=O)N2c1ccccc1. The molecule has 3 aromatic carbocycles. The van der Waals surface area contributed by atoms with Gasteiger partial charge in [-0.25, -0.2) is 0 Å². The fourth-order valence-corrected chi connectivity index (χ4v) is 2.91. The van der Waals surface area contributed by atoms with Gasteiger partial charge in [0.1, 0.15) is 6.29 Å². The molecule has 0 spiro atoms. The van der Waals surface area contributed by atoms with E-state index in [4.69, 9.17) is 0 Å². The van der Waals surface area contributed by atoms with E-state index in [0.29, 0.717) is 11.1 Å². The smallest absolute Gasteiger partial charge is 0.263 e. The summed E-state index contributed by atoms with van der Waals surface area (Å²) >= 11 is 0. The van der Waals surface area contributed by atoms with Crippen LogP contribution in [0, 0.1) is 0 Å². The molecule has 3 heteroatoms. The Morgan fingerprint density at radius 3 is 2.48 bits per heavy atom. The molecular formula is C18H11NO2. The van der Waals surface area contributed by atoms with E-state index < -0.39 is 0 Å². The van der Waals surface area contributed by atoms with E-state index in [1.165, 1.54) is 0 Å². The van der Waals surface area contributed by atoms with E-state index in [0.717, 1.165) is 28.4 Å². The average molecular weight is 273 g/mol. The Balaban J connectivity index is 2.06. The van der Waals surface area contributed by atoms with Crippen molar-refractivity contribution in [3.8, 4) is 0 Å². The van der Waals surface area contributed by atoms with Crippen LogP contribution in [0.25, 0.3) is 10.8 Å². The maximum absolute atomic E-state index is 12.7. The molecule has 0 fully saturated rings. The molecule has 0 atom stereocenters. The van der Waals surface area contributed by atoms with Crippen LogP contribution >= 0.6 is 0 Å². The highest BCUT2D eigenvalue weighted by Gasteiger charge is 2.31. The summed E-state index contributed by atoms with van der Waals surface area (Å²) in [6, 6.07) is 18.7. The number of nitrogens with zero attached hydrogens (tertiary/aromatic N) is 1. The van der Waals surface area contributed by atoms with E-state index in [1.54, 1.807) is 11.0 Å².